The van der Waals surface area contributed by atoms with Crippen LogP contribution in [0.3, 0.4) is 0 Å². The molecule has 21 heavy (non-hydrogen) atoms. The monoisotopic (exact) mass is 343 g/mol. The first kappa shape index (κ1) is 14.8. The highest BCUT2D eigenvalue weighted by atomic mass is 79.9. The molecule has 0 spiro atoms. The Morgan fingerprint density at radius 1 is 1.24 bits per heavy atom. The van der Waals surface area contributed by atoms with E-state index in [2.05, 4.69) is 26.5 Å². The zero-order valence-electron chi connectivity index (χ0n) is 10.7. The Balaban J connectivity index is 2.30. The summed E-state index contributed by atoms with van der Waals surface area (Å²) in [6.07, 6.45) is 0. The number of hydrogen-bond donors (Lipinski definition) is 2. The number of anilines is 1. The van der Waals surface area contributed by atoms with Gasteiger partial charge in [0.25, 0.3) is 0 Å². The van der Waals surface area contributed by atoms with E-state index in [0.717, 1.165) is 4.47 Å². The molecule has 5 nitrogen and oxygen atoms in total. The van der Waals surface area contributed by atoms with Gasteiger partial charge in [-0.1, -0.05) is 28.1 Å². The number of nitriles is 1. The summed E-state index contributed by atoms with van der Waals surface area (Å²) < 4.78 is 0.914. The lowest BCUT2D eigenvalue weighted by molar-refractivity contribution is -0.129. The molecule has 0 unspecified atom stereocenters. The summed E-state index contributed by atoms with van der Waals surface area (Å²) in [6.45, 7) is 0. The van der Waals surface area contributed by atoms with E-state index in [-0.39, 0.29) is 5.71 Å². The fourth-order valence-electron chi connectivity index (χ4n) is 1.62. The molecular weight excluding hydrogens is 334 g/mol. The Labute approximate surface area is 129 Å². The predicted molar refractivity (Wildman–Crippen MR) is 83.1 cm³/mol. The van der Waals surface area contributed by atoms with Gasteiger partial charge in [-0.15, -0.1) is 0 Å². The number of benzene rings is 2. The molecule has 0 saturated heterocycles. The number of aliphatic carboxylic acids is 1. The van der Waals surface area contributed by atoms with Gasteiger partial charge >= 0.3 is 5.97 Å². The van der Waals surface area contributed by atoms with Crippen LogP contribution in [0.1, 0.15) is 11.1 Å². The van der Waals surface area contributed by atoms with Crippen molar-refractivity contribution in [1.82, 2.24) is 0 Å². The molecule has 0 aliphatic carbocycles. The third-order valence-corrected chi connectivity index (χ3v) is 3.14. The van der Waals surface area contributed by atoms with Crippen LogP contribution in [0.2, 0.25) is 0 Å². The van der Waals surface area contributed by atoms with Gasteiger partial charge in [0.1, 0.15) is 0 Å². The number of rotatable bonds is 4. The normalized spacial score (nSPS) is 10.8. The highest BCUT2D eigenvalue weighted by Gasteiger charge is 2.13. The number of halogens is 1. The molecule has 2 rings (SSSR count). The number of carboxylic acids is 1. The molecule has 0 heterocycles. The molecule has 104 valence electrons. The summed E-state index contributed by atoms with van der Waals surface area (Å²) in [4.78, 5) is 11.3. The van der Waals surface area contributed by atoms with Crippen LogP contribution in [0.4, 0.5) is 5.69 Å². The van der Waals surface area contributed by atoms with Gasteiger partial charge in [-0.2, -0.15) is 10.4 Å². The van der Waals surface area contributed by atoms with E-state index in [1.54, 1.807) is 30.3 Å². The zero-order chi connectivity index (χ0) is 15.2. The van der Waals surface area contributed by atoms with Crippen LogP contribution in [-0.4, -0.2) is 16.8 Å². The summed E-state index contributed by atoms with van der Waals surface area (Å²) in [6, 6.07) is 15.4. The van der Waals surface area contributed by atoms with E-state index in [1.165, 1.54) is 6.07 Å². The summed E-state index contributed by atoms with van der Waals surface area (Å²) in [5, 5.41) is 22.0. The van der Waals surface area contributed by atoms with Crippen LogP contribution >= 0.6 is 15.9 Å². The fraction of sp³-hybridized carbons (Fsp3) is 0. The zero-order valence-corrected chi connectivity index (χ0v) is 12.3. The van der Waals surface area contributed by atoms with Crippen molar-refractivity contribution in [2.75, 3.05) is 5.43 Å². The highest BCUT2D eigenvalue weighted by molar-refractivity contribution is 9.10. The van der Waals surface area contributed by atoms with Gasteiger partial charge in [-0.05, 0) is 36.4 Å². The number of hydrazone groups is 1. The first-order chi connectivity index (χ1) is 10.1. The Hall–Kier alpha value is -2.65. The average molecular weight is 344 g/mol. The van der Waals surface area contributed by atoms with Gasteiger partial charge < -0.3 is 5.11 Å². The smallest absolute Gasteiger partial charge is 0.356 e. The second-order valence-corrected chi connectivity index (χ2v) is 4.99. The minimum Gasteiger partial charge on any atom is -0.476 e. The van der Waals surface area contributed by atoms with Crippen molar-refractivity contribution in [2.24, 2.45) is 5.10 Å². The van der Waals surface area contributed by atoms with E-state index < -0.39 is 5.97 Å². The van der Waals surface area contributed by atoms with Crippen molar-refractivity contribution in [3.8, 4) is 6.07 Å². The molecule has 0 bridgehead atoms. The topological polar surface area (TPSA) is 85.5 Å². The van der Waals surface area contributed by atoms with Crippen molar-refractivity contribution in [2.45, 2.75) is 0 Å². The molecule has 2 aromatic carbocycles. The van der Waals surface area contributed by atoms with Crippen molar-refractivity contribution < 1.29 is 9.90 Å². The standard InChI is InChI=1S/C15H10BrN3O2/c16-12-4-6-13(7-5-12)18-19-14(15(20)21)11-3-1-2-10(8-11)9-17/h1-8,18H,(H,20,21)/b19-14-. The van der Waals surface area contributed by atoms with Crippen molar-refractivity contribution in [3.05, 3.63) is 64.1 Å². The number of carboxylic acid groups (broad SMARTS) is 1. The summed E-state index contributed by atoms with van der Waals surface area (Å²) in [5.41, 5.74) is 3.94. The second-order valence-electron chi connectivity index (χ2n) is 4.08. The molecular formula is C15H10BrN3O2. The SMILES string of the molecule is N#Cc1cccc(/C(=N/Nc2ccc(Br)cc2)C(=O)O)c1. The molecule has 0 fully saturated rings. The van der Waals surface area contributed by atoms with Gasteiger partial charge in [-0.3, -0.25) is 5.43 Å². The lowest BCUT2D eigenvalue weighted by Crippen LogP contribution is -2.16. The molecule has 2 N–H and O–H groups in total. The van der Waals surface area contributed by atoms with Crippen molar-refractivity contribution >= 4 is 33.3 Å². The van der Waals surface area contributed by atoms with E-state index in [1.807, 2.05) is 18.2 Å². The summed E-state index contributed by atoms with van der Waals surface area (Å²) in [5.74, 6) is -1.17. The summed E-state index contributed by atoms with van der Waals surface area (Å²) in [7, 11) is 0. The largest absolute Gasteiger partial charge is 0.476 e. The molecule has 6 heteroatoms. The third kappa shape index (κ3) is 3.91. The lowest BCUT2D eigenvalue weighted by atomic mass is 10.1. The maximum absolute atomic E-state index is 11.3. The number of nitrogens with zero attached hydrogens (tertiary/aromatic N) is 2. The highest BCUT2D eigenvalue weighted by Crippen LogP contribution is 2.14. The Kier molecular flexibility index (Phi) is 4.69. The summed E-state index contributed by atoms with van der Waals surface area (Å²) >= 11 is 3.31. The number of nitrogens with one attached hydrogen (secondary N) is 1. The Morgan fingerprint density at radius 3 is 2.57 bits per heavy atom. The maximum Gasteiger partial charge on any atom is 0.356 e. The van der Waals surface area contributed by atoms with Crippen LogP contribution in [0, 0.1) is 11.3 Å². The van der Waals surface area contributed by atoms with Crippen LogP contribution in [0.15, 0.2) is 58.1 Å². The van der Waals surface area contributed by atoms with E-state index in [0.29, 0.717) is 16.8 Å². The first-order valence-corrected chi connectivity index (χ1v) is 6.72. The molecule has 0 saturated carbocycles. The number of carbonyl (C=O) groups is 1. The van der Waals surface area contributed by atoms with Gasteiger partial charge in [0, 0.05) is 10.0 Å². The molecule has 0 amide bonds. The van der Waals surface area contributed by atoms with Crippen LogP contribution < -0.4 is 5.43 Å². The molecule has 0 aromatic heterocycles. The lowest BCUT2D eigenvalue weighted by Gasteiger charge is -2.04. The van der Waals surface area contributed by atoms with Gasteiger partial charge in [-0.25, -0.2) is 4.79 Å². The van der Waals surface area contributed by atoms with Crippen molar-refractivity contribution in [3.63, 3.8) is 0 Å². The Bertz CT molecular complexity index is 733. The van der Waals surface area contributed by atoms with E-state index >= 15 is 0 Å². The van der Waals surface area contributed by atoms with Crippen molar-refractivity contribution in [1.29, 1.82) is 5.26 Å². The minimum atomic E-state index is -1.17. The third-order valence-electron chi connectivity index (χ3n) is 2.61. The van der Waals surface area contributed by atoms with Gasteiger partial charge in [0.05, 0.1) is 17.3 Å². The predicted octanol–water partition coefficient (Wildman–Crippen LogP) is 3.22. The maximum atomic E-state index is 11.3. The molecule has 0 aliphatic rings. The second kappa shape index (κ2) is 6.68. The Morgan fingerprint density at radius 2 is 1.95 bits per heavy atom. The molecule has 0 aliphatic heterocycles. The van der Waals surface area contributed by atoms with Crippen LogP contribution in [0.5, 0.6) is 0 Å². The molecule has 2 aromatic rings. The fourth-order valence-corrected chi connectivity index (χ4v) is 1.88. The molecule has 0 atom stereocenters. The average Bonchev–Trinajstić information content (AvgIpc) is 2.49. The number of hydrogen-bond acceptors (Lipinski definition) is 4. The van der Waals surface area contributed by atoms with Crippen LogP contribution in [0.25, 0.3) is 0 Å². The van der Waals surface area contributed by atoms with Gasteiger partial charge in [0.15, 0.2) is 5.71 Å². The minimum absolute atomic E-state index is 0.157. The van der Waals surface area contributed by atoms with Crippen LogP contribution in [-0.2, 0) is 4.79 Å². The van der Waals surface area contributed by atoms with E-state index in [9.17, 15) is 9.90 Å². The quantitative estimate of drug-likeness (QED) is 0.659. The van der Waals surface area contributed by atoms with E-state index in [4.69, 9.17) is 5.26 Å². The molecule has 0 radical (unpaired) electrons. The first-order valence-electron chi connectivity index (χ1n) is 5.93. The van der Waals surface area contributed by atoms with Gasteiger partial charge in [0.2, 0.25) is 0 Å².